The topological polar surface area (TPSA) is 61.8 Å². The highest BCUT2D eigenvalue weighted by atomic mass is 32.2. The SMILES string of the molecule is CSc1cccc(N(C)C(C)c2cccs2)c1/C(N)=N/O. The van der Waals surface area contributed by atoms with E-state index in [2.05, 4.69) is 28.4 Å². The maximum Gasteiger partial charge on any atom is 0.173 e. The molecule has 1 aromatic heterocycles. The van der Waals surface area contributed by atoms with Crippen LogP contribution < -0.4 is 10.6 Å². The molecular formula is C15H19N3OS2. The zero-order valence-electron chi connectivity index (χ0n) is 12.3. The van der Waals surface area contributed by atoms with Gasteiger partial charge in [-0.05, 0) is 36.8 Å². The van der Waals surface area contributed by atoms with Crippen molar-refractivity contribution in [3.63, 3.8) is 0 Å². The molecule has 0 aliphatic carbocycles. The number of rotatable bonds is 5. The van der Waals surface area contributed by atoms with Crippen LogP contribution in [0.15, 0.2) is 45.8 Å². The van der Waals surface area contributed by atoms with Gasteiger partial charge in [0.05, 0.1) is 11.6 Å². The van der Waals surface area contributed by atoms with Crippen LogP contribution in [0.2, 0.25) is 0 Å². The third-order valence-electron chi connectivity index (χ3n) is 3.50. The molecule has 0 fully saturated rings. The molecule has 4 nitrogen and oxygen atoms in total. The minimum absolute atomic E-state index is 0.139. The second-order valence-corrected chi connectivity index (χ2v) is 6.47. The Morgan fingerprint density at radius 3 is 2.71 bits per heavy atom. The average Bonchev–Trinajstić information content (AvgIpc) is 3.06. The van der Waals surface area contributed by atoms with Crippen molar-refractivity contribution in [1.29, 1.82) is 0 Å². The lowest BCUT2D eigenvalue weighted by Gasteiger charge is -2.29. The molecule has 0 spiro atoms. The first kappa shape index (κ1) is 15.7. The third kappa shape index (κ3) is 3.16. The molecule has 2 rings (SSSR count). The molecule has 1 unspecified atom stereocenters. The quantitative estimate of drug-likeness (QED) is 0.289. The Labute approximate surface area is 133 Å². The zero-order valence-corrected chi connectivity index (χ0v) is 13.9. The van der Waals surface area contributed by atoms with Crippen LogP contribution in [0.5, 0.6) is 0 Å². The van der Waals surface area contributed by atoms with Gasteiger partial charge in [0.1, 0.15) is 0 Å². The van der Waals surface area contributed by atoms with Crippen LogP contribution in [0.3, 0.4) is 0 Å². The van der Waals surface area contributed by atoms with Gasteiger partial charge in [0.2, 0.25) is 0 Å². The number of thioether (sulfide) groups is 1. The monoisotopic (exact) mass is 321 g/mol. The first-order chi connectivity index (χ1) is 10.1. The first-order valence-corrected chi connectivity index (χ1v) is 8.61. The van der Waals surface area contributed by atoms with Gasteiger partial charge < -0.3 is 15.8 Å². The largest absolute Gasteiger partial charge is 0.409 e. The summed E-state index contributed by atoms with van der Waals surface area (Å²) >= 11 is 3.31. The molecule has 1 heterocycles. The third-order valence-corrected chi connectivity index (χ3v) is 5.33. The summed E-state index contributed by atoms with van der Waals surface area (Å²) in [5, 5.41) is 14.3. The Morgan fingerprint density at radius 1 is 1.38 bits per heavy atom. The fourth-order valence-electron chi connectivity index (χ4n) is 2.22. The van der Waals surface area contributed by atoms with Gasteiger partial charge in [0, 0.05) is 22.5 Å². The standard InChI is InChI=1S/C15H19N3OS2/c1-10(12-8-5-9-21-12)18(2)11-6-4-7-13(20-3)14(11)15(16)17-19/h4-10,19H,1-3H3,(H2,16,17). The van der Waals surface area contributed by atoms with E-state index in [1.54, 1.807) is 23.1 Å². The van der Waals surface area contributed by atoms with Crippen LogP contribution in [-0.2, 0) is 0 Å². The second-order valence-electron chi connectivity index (χ2n) is 4.64. The molecule has 1 aromatic carbocycles. The van der Waals surface area contributed by atoms with Crippen LogP contribution in [-0.4, -0.2) is 24.3 Å². The summed E-state index contributed by atoms with van der Waals surface area (Å²) in [6.45, 7) is 2.15. The molecule has 112 valence electrons. The van der Waals surface area contributed by atoms with Crippen LogP contribution in [0.1, 0.15) is 23.4 Å². The maximum atomic E-state index is 9.07. The molecule has 1 atom stereocenters. The second kappa shape index (κ2) is 6.87. The summed E-state index contributed by atoms with van der Waals surface area (Å²) in [7, 11) is 2.03. The highest BCUT2D eigenvalue weighted by Crippen LogP contribution is 2.34. The summed E-state index contributed by atoms with van der Waals surface area (Å²) in [6.07, 6.45) is 1.98. The highest BCUT2D eigenvalue weighted by Gasteiger charge is 2.20. The van der Waals surface area contributed by atoms with Gasteiger partial charge in [-0.1, -0.05) is 17.3 Å². The number of amidine groups is 1. The minimum Gasteiger partial charge on any atom is -0.409 e. The molecule has 0 saturated carbocycles. The van der Waals surface area contributed by atoms with Crippen molar-refractivity contribution in [2.45, 2.75) is 17.9 Å². The predicted molar refractivity (Wildman–Crippen MR) is 91.9 cm³/mol. The van der Waals surface area contributed by atoms with Crippen molar-refractivity contribution in [3.8, 4) is 0 Å². The van der Waals surface area contributed by atoms with Crippen LogP contribution in [0.4, 0.5) is 5.69 Å². The number of nitrogens with zero attached hydrogens (tertiary/aromatic N) is 2. The van der Waals surface area contributed by atoms with Crippen LogP contribution in [0, 0.1) is 0 Å². The smallest absolute Gasteiger partial charge is 0.173 e. The molecule has 3 N–H and O–H groups in total. The lowest BCUT2D eigenvalue weighted by molar-refractivity contribution is 0.318. The van der Waals surface area contributed by atoms with Crippen LogP contribution >= 0.6 is 23.1 Å². The van der Waals surface area contributed by atoms with E-state index in [9.17, 15) is 0 Å². The lowest BCUT2D eigenvalue weighted by Crippen LogP contribution is -2.25. The van der Waals surface area contributed by atoms with Crippen molar-refractivity contribution in [1.82, 2.24) is 0 Å². The first-order valence-electron chi connectivity index (χ1n) is 6.51. The van der Waals surface area contributed by atoms with Gasteiger partial charge in [-0.2, -0.15) is 0 Å². The Kier molecular flexibility index (Phi) is 5.14. The molecule has 0 bridgehead atoms. The number of anilines is 1. The van der Waals surface area contributed by atoms with E-state index < -0.39 is 0 Å². The summed E-state index contributed by atoms with van der Waals surface area (Å²) in [5.74, 6) is 0.139. The predicted octanol–water partition coefficient (Wildman–Crippen LogP) is 3.76. The molecule has 0 saturated heterocycles. The van der Waals surface area contributed by atoms with Crippen molar-refractivity contribution in [2.24, 2.45) is 10.9 Å². The van der Waals surface area contributed by atoms with E-state index >= 15 is 0 Å². The van der Waals surface area contributed by atoms with Crippen molar-refractivity contribution < 1.29 is 5.21 Å². The molecule has 2 aromatic rings. The lowest BCUT2D eigenvalue weighted by atomic mass is 10.1. The maximum absolute atomic E-state index is 9.07. The Hall–Kier alpha value is -1.66. The van der Waals surface area contributed by atoms with Crippen molar-refractivity contribution >= 4 is 34.6 Å². The number of benzene rings is 1. The number of hydrogen-bond acceptors (Lipinski definition) is 5. The van der Waals surface area contributed by atoms with E-state index in [1.165, 1.54) is 4.88 Å². The van der Waals surface area contributed by atoms with Gasteiger partial charge in [-0.25, -0.2) is 0 Å². The molecule has 0 aliphatic rings. The van der Waals surface area contributed by atoms with Crippen LogP contribution in [0.25, 0.3) is 0 Å². The van der Waals surface area contributed by atoms with E-state index in [0.717, 1.165) is 16.1 Å². The Bertz CT molecular complexity index is 626. The Morgan fingerprint density at radius 2 is 2.14 bits per heavy atom. The van der Waals surface area contributed by atoms with E-state index in [4.69, 9.17) is 10.9 Å². The van der Waals surface area contributed by atoms with E-state index in [1.807, 2.05) is 37.6 Å². The van der Waals surface area contributed by atoms with Gasteiger partial charge in [-0.3, -0.25) is 0 Å². The van der Waals surface area contributed by atoms with Gasteiger partial charge >= 0.3 is 0 Å². The van der Waals surface area contributed by atoms with E-state index in [0.29, 0.717) is 0 Å². The van der Waals surface area contributed by atoms with E-state index in [-0.39, 0.29) is 11.9 Å². The molecule has 0 radical (unpaired) electrons. The van der Waals surface area contributed by atoms with Crippen molar-refractivity contribution in [2.75, 3.05) is 18.2 Å². The fourth-order valence-corrected chi connectivity index (χ4v) is 3.67. The van der Waals surface area contributed by atoms with Gasteiger partial charge in [0.15, 0.2) is 5.84 Å². The molecule has 0 amide bonds. The highest BCUT2D eigenvalue weighted by molar-refractivity contribution is 7.98. The van der Waals surface area contributed by atoms with Crippen molar-refractivity contribution in [3.05, 3.63) is 46.2 Å². The number of nitrogens with two attached hydrogens (primary N) is 1. The molecule has 21 heavy (non-hydrogen) atoms. The normalized spacial score (nSPS) is 13.2. The number of oxime groups is 1. The average molecular weight is 321 g/mol. The summed E-state index contributed by atoms with van der Waals surface area (Å²) in [4.78, 5) is 4.42. The molecule has 0 aliphatic heterocycles. The summed E-state index contributed by atoms with van der Waals surface area (Å²) < 4.78 is 0. The number of hydrogen-bond donors (Lipinski definition) is 2. The zero-order chi connectivity index (χ0) is 15.4. The summed E-state index contributed by atoms with van der Waals surface area (Å²) in [5.41, 5.74) is 7.62. The molecule has 6 heteroatoms. The van der Waals surface area contributed by atoms with Gasteiger partial charge in [0.25, 0.3) is 0 Å². The molecular weight excluding hydrogens is 302 g/mol. The summed E-state index contributed by atoms with van der Waals surface area (Å²) in [6, 6.07) is 10.3. The number of thiophene rings is 1. The Balaban J connectivity index is 2.48. The minimum atomic E-state index is 0.139. The van der Waals surface area contributed by atoms with Gasteiger partial charge in [-0.15, -0.1) is 23.1 Å². The fraction of sp³-hybridized carbons (Fsp3) is 0.267.